The zero-order valence-electron chi connectivity index (χ0n) is 12.4. The standard InChI is InChI=1S/C14H27N3O/c1-6-7-8-13(4)17-9-11(2)15-14(17)16-12(3)10-18-5/h9,12-13H,6-8,10H2,1-5H3,(H,15,16). The molecule has 0 bridgehead atoms. The number of nitrogens with zero attached hydrogens (tertiary/aromatic N) is 2. The number of rotatable bonds is 8. The molecule has 0 saturated heterocycles. The van der Waals surface area contributed by atoms with E-state index in [0.29, 0.717) is 12.6 Å². The molecule has 2 unspecified atom stereocenters. The Hall–Kier alpha value is -1.03. The van der Waals surface area contributed by atoms with E-state index in [1.807, 2.05) is 6.92 Å². The van der Waals surface area contributed by atoms with Crippen molar-refractivity contribution in [2.24, 2.45) is 0 Å². The molecule has 1 rings (SSSR count). The average molecular weight is 253 g/mol. The molecule has 1 aromatic rings. The third-order valence-corrected chi connectivity index (χ3v) is 3.10. The normalized spacial score (nSPS) is 14.5. The number of ether oxygens (including phenoxy) is 1. The van der Waals surface area contributed by atoms with Crippen molar-refractivity contribution >= 4 is 5.95 Å². The monoisotopic (exact) mass is 253 g/mol. The first kappa shape index (κ1) is 15.0. The molecule has 0 spiro atoms. The van der Waals surface area contributed by atoms with Gasteiger partial charge in [-0.05, 0) is 27.2 Å². The summed E-state index contributed by atoms with van der Waals surface area (Å²) in [5.41, 5.74) is 1.06. The number of hydrogen-bond donors (Lipinski definition) is 1. The van der Waals surface area contributed by atoms with Gasteiger partial charge in [-0.3, -0.25) is 0 Å². The van der Waals surface area contributed by atoms with E-state index < -0.39 is 0 Å². The summed E-state index contributed by atoms with van der Waals surface area (Å²) < 4.78 is 7.40. The fraction of sp³-hybridized carbons (Fsp3) is 0.786. The van der Waals surface area contributed by atoms with Crippen molar-refractivity contribution in [3.05, 3.63) is 11.9 Å². The lowest BCUT2D eigenvalue weighted by Crippen LogP contribution is -2.23. The average Bonchev–Trinajstić information content (AvgIpc) is 2.67. The van der Waals surface area contributed by atoms with Crippen molar-refractivity contribution < 1.29 is 4.74 Å². The van der Waals surface area contributed by atoms with Crippen LogP contribution >= 0.6 is 0 Å². The van der Waals surface area contributed by atoms with Crippen LogP contribution in [0.4, 0.5) is 5.95 Å². The Balaban J connectivity index is 2.72. The molecule has 1 N–H and O–H groups in total. The van der Waals surface area contributed by atoms with Crippen LogP contribution in [-0.4, -0.2) is 29.3 Å². The Morgan fingerprint density at radius 3 is 2.78 bits per heavy atom. The highest BCUT2D eigenvalue weighted by atomic mass is 16.5. The van der Waals surface area contributed by atoms with Crippen molar-refractivity contribution in [3.63, 3.8) is 0 Å². The van der Waals surface area contributed by atoms with Crippen LogP contribution in [0.15, 0.2) is 6.20 Å². The van der Waals surface area contributed by atoms with Crippen LogP contribution in [0.1, 0.15) is 51.8 Å². The molecule has 0 aliphatic heterocycles. The Bertz CT molecular complexity index is 349. The maximum atomic E-state index is 5.15. The number of aryl methyl sites for hydroxylation is 1. The molecule has 2 atom stereocenters. The van der Waals surface area contributed by atoms with Crippen molar-refractivity contribution in [1.82, 2.24) is 9.55 Å². The molecule has 0 aromatic carbocycles. The number of hydrogen-bond acceptors (Lipinski definition) is 3. The van der Waals surface area contributed by atoms with Gasteiger partial charge >= 0.3 is 0 Å². The summed E-state index contributed by atoms with van der Waals surface area (Å²) in [4.78, 5) is 4.56. The smallest absolute Gasteiger partial charge is 0.203 e. The van der Waals surface area contributed by atoms with Gasteiger partial charge < -0.3 is 14.6 Å². The van der Waals surface area contributed by atoms with E-state index in [4.69, 9.17) is 4.74 Å². The molecular formula is C14H27N3O. The summed E-state index contributed by atoms with van der Waals surface area (Å²) >= 11 is 0. The van der Waals surface area contributed by atoms with Crippen LogP contribution in [0.3, 0.4) is 0 Å². The van der Waals surface area contributed by atoms with E-state index in [1.54, 1.807) is 7.11 Å². The van der Waals surface area contributed by atoms with Crippen molar-refractivity contribution in [3.8, 4) is 0 Å². The van der Waals surface area contributed by atoms with Crippen LogP contribution in [-0.2, 0) is 4.74 Å². The second kappa shape index (κ2) is 7.41. The van der Waals surface area contributed by atoms with Gasteiger partial charge in [-0.15, -0.1) is 0 Å². The highest BCUT2D eigenvalue weighted by Gasteiger charge is 2.13. The zero-order valence-corrected chi connectivity index (χ0v) is 12.4. The largest absolute Gasteiger partial charge is 0.383 e. The quantitative estimate of drug-likeness (QED) is 0.772. The van der Waals surface area contributed by atoms with Crippen LogP contribution in [0.2, 0.25) is 0 Å². The third kappa shape index (κ3) is 4.33. The second-order valence-corrected chi connectivity index (χ2v) is 5.11. The van der Waals surface area contributed by atoms with Crippen LogP contribution in [0.25, 0.3) is 0 Å². The molecule has 0 fully saturated rings. The third-order valence-electron chi connectivity index (χ3n) is 3.10. The zero-order chi connectivity index (χ0) is 13.5. The first-order valence-electron chi connectivity index (χ1n) is 6.89. The summed E-state index contributed by atoms with van der Waals surface area (Å²) in [6, 6.07) is 0.761. The van der Waals surface area contributed by atoms with Crippen LogP contribution < -0.4 is 5.32 Å². The van der Waals surface area contributed by atoms with Gasteiger partial charge in [0.15, 0.2) is 0 Å². The number of unbranched alkanes of at least 4 members (excludes halogenated alkanes) is 1. The predicted molar refractivity (Wildman–Crippen MR) is 76.2 cm³/mol. The fourth-order valence-electron chi connectivity index (χ4n) is 2.11. The topological polar surface area (TPSA) is 39.1 Å². The van der Waals surface area contributed by atoms with Gasteiger partial charge in [-0.1, -0.05) is 19.8 Å². The van der Waals surface area contributed by atoms with E-state index in [9.17, 15) is 0 Å². The molecule has 4 heteroatoms. The minimum atomic E-state index is 0.272. The number of imidazole rings is 1. The molecule has 18 heavy (non-hydrogen) atoms. The van der Waals surface area contributed by atoms with Gasteiger partial charge in [0.25, 0.3) is 0 Å². The molecule has 1 heterocycles. The van der Waals surface area contributed by atoms with Crippen LogP contribution in [0.5, 0.6) is 0 Å². The highest BCUT2D eigenvalue weighted by molar-refractivity contribution is 5.30. The molecule has 0 aliphatic carbocycles. The molecule has 0 amide bonds. The van der Waals surface area contributed by atoms with Gasteiger partial charge in [0, 0.05) is 25.4 Å². The van der Waals surface area contributed by atoms with Gasteiger partial charge in [-0.25, -0.2) is 4.98 Å². The minimum absolute atomic E-state index is 0.272. The molecule has 4 nitrogen and oxygen atoms in total. The van der Waals surface area contributed by atoms with Crippen molar-refractivity contribution in [1.29, 1.82) is 0 Å². The number of methoxy groups -OCH3 is 1. The van der Waals surface area contributed by atoms with Gasteiger partial charge in [0.05, 0.1) is 12.3 Å². The first-order chi connectivity index (χ1) is 8.58. The van der Waals surface area contributed by atoms with Gasteiger partial charge in [0.2, 0.25) is 5.95 Å². The van der Waals surface area contributed by atoms with E-state index in [0.717, 1.165) is 11.6 Å². The van der Waals surface area contributed by atoms with E-state index in [2.05, 4.69) is 41.8 Å². The number of anilines is 1. The summed E-state index contributed by atoms with van der Waals surface area (Å²) in [7, 11) is 1.72. The minimum Gasteiger partial charge on any atom is -0.383 e. The van der Waals surface area contributed by atoms with Gasteiger partial charge in [0.1, 0.15) is 0 Å². The second-order valence-electron chi connectivity index (χ2n) is 5.11. The summed E-state index contributed by atoms with van der Waals surface area (Å²) in [6.07, 6.45) is 5.81. The van der Waals surface area contributed by atoms with Gasteiger partial charge in [-0.2, -0.15) is 0 Å². The molecule has 0 radical (unpaired) electrons. The van der Waals surface area contributed by atoms with E-state index >= 15 is 0 Å². The summed E-state index contributed by atoms with van der Waals surface area (Å²) in [5, 5.41) is 3.42. The Morgan fingerprint density at radius 2 is 2.17 bits per heavy atom. The lowest BCUT2D eigenvalue weighted by Gasteiger charge is -2.19. The predicted octanol–water partition coefficient (Wildman–Crippen LogP) is 3.39. The van der Waals surface area contributed by atoms with E-state index in [-0.39, 0.29) is 6.04 Å². The SMILES string of the molecule is CCCCC(C)n1cc(C)nc1NC(C)COC. The van der Waals surface area contributed by atoms with E-state index in [1.165, 1.54) is 19.3 Å². The number of nitrogens with one attached hydrogen (secondary N) is 1. The molecule has 1 aromatic heterocycles. The van der Waals surface area contributed by atoms with Crippen molar-refractivity contribution in [2.45, 2.75) is 59.0 Å². The number of aromatic nitrogens is 2. The lowest BCUT2D eigenvalue weighted by molar-refractivity contribution is 0.190. The molecule has 0 saturated carbocycles. The maximum absolute atomic E-state index is 5.15. The first-order valence-corrected chi connectivity index (χ1v) is 6.89. The summed E-state index contributed by atoms with van der Waals surface area (Å²) in [6.45, 7) is 9.31. The fourth-order valence-corrected chi connectivity index (χ4v) is 2.11. The maximum Gasteiger partial charge on any atom is 0.203 e. The molecular weight excluding hydrogens is 226 g/mol. The Morgan fingerprint density at radius 1 is 1.44 bits per heavy atom. The Labute approximate surface area is 111 Å². The van der Waals surface area contributed by atoms with Crippen LogP contribution in [0, 0.1) is 6.92 Å². The lowest BCUT2D eigenvalue weighted by atomic mass is 10.1. The summed E-state index contributed by atoms with van der Waals surface area (Å²) in [5.74, 6) is 0.959. The highest BCUT2D eigenvalue weighted by Crippen LogP contribution is 2.21. The molecule has 0 aliphatic rings. The Kier molecular flexibility index (Phi) is 6.19. The van der Waals surface area contributed by atoms with Crippen molar-refractivity contribution in [2.75, 3.05) is 19.0 Å². The molecule has 104 valence electrons.